The van der Waals surface area contributed by atoms with Gasteiger partial charge in [0.2, 0.25) is 0 Å². The maximum absolute atomic E-state index is 8.14. The van der Waals surface area contributed by atoms with Crippen LogP contribution >= 0.6 is 0 Å². The lowest BCUT2D eigenvalue weighted by molar-refractivity contribution is 1.02. The molecule has 1 aromatic heterocycles. The predicted octanol–water partition coefficient (Wildman–Crippen LogP) is 1.01. The van der Waals surface area contributed by atoms with E-state index in [0.29, 0.717) is 5.69 Å². The Morgan fingerprint density at radius 3 is 3.10 bits per heavy atom. The van der Waals surface area contributed by atoms with E-state index in [2.05, 4.69) is 10.2 Å². The molecule has 0 radical (unpaired) electrons. The van der Waals surface area contributed by atoms with E-state index < -0.39 is 0 Å². The molecule has 0 N–H and O–H groups in total. The molecule has 0 atom stereocenters. The average molecular weight is 131 g/mol. The van der Waals surface area contributed by atoms with Crippen LogP contribution in [-0.2, 0) is 0 Å². The van der Waals surface area contributed by atoms with Crippen LogP contribution in [0.5, 0.6) is 0 Å². The van der Waals surface area contributed by atoms with Crippen LogP contribution < -0.4 is 0 Å². The minimum absolute atomic E-state index is 0.698. The van der Waals surface area contributed by atoms with Crippen molar-refractivity contribution >= 4 is 6.08 Å². The predicted molar refractivity (Wildman–Crippen MR) is 36.7 cm³/mol. The van der Waals surface area contributed by atoms with Gasteiger partial charge in [-0.1, -0.05) is 0 Å². The summed E-state index contributed by atoms with van der Waals surface area (Å²) in [6, 6.07) is 5.41. The zero-order chi connectivity index (χ0) is 7.23. The summed E-state index contributed by atoms with van der Waals surface area (Å²) in [6.07, 6.45) is 4.56. The maximum atomic E-state index is 8.14. The summed E-state index contributed by atoms with van der Waals surface area (Å²) in [5, 5.41) is 15.5. The van der Waals surface area contributed by atoms with E-state index in [9.17, 15) is 0 Å². The average Bonchev–Trinajstić information content (AvgIpc) is 2.03. The van der Waals surface area contributed by atoms with E-state index in [1.165, 1.54) is 6.08 Å². The Labute approximate surface area is 58.6 Å². The normalized spacial score (nSPS) is 9.50. The Bertz CT molecular complexity index is 258. The van der Waals surface area contributed by atoms with Gasteiger partial charge in [0.25, 0.3) is 0 Å². The fraction of sp³-hybridized carbons (Fsp3) is 0. The van der Waals surface area contributed by atoms with Gasteiger partial charge in [-0.15, -0.1) is 0 Å². The van der Waals surface area contributed by atoms with Gasteiger partial charge >= 0.3 is 0 Å². The van der Waals surface area contributed by atoms with E-state index in [4.69, 9.17) is 5.26 Å². The highest BCUT2D eigenvalue weighted by Crippen LogP contribution is 1.92. The van der Waals surface area contributed by atoms with Crippen molar-refractivity contribution in [2.45, 2.75) is 0 Å². The van der Waals surface area contributed by atoms with Gasteiger partial charge in [0, 0.05) is 12.3 Å². The van der Waals surface area contributed by atoms with Crippen LogP contribution in [0.4, 0.5) is 0 Å². The molecule has 10 heavy (non-hydrogen) atoms. The van der Waals surface area contributed by atoms with Crippen LogP contribution in [0.3, 0.4) is 0 Å². The van der Waals surface area contributed by atoms with Crippen LogP contribution in [-0.4, -0.2) is 10.2 Å². The van der Waals surface area contributed by atoms with Gasteiger partial charge in [0.1, 0.15) is 0 Å². The fourth-order valence-corrected chi connectivity index (χ4v) is 0.525. The first-order valence-corrected chi connectivity index (χ1v) is 2.77. The number of nitriles is 1. The van der Waals surface area contributed by atoms with E-state index >= 15 is 0 Å². The summed E-state index contributed by atoms with van der Waals surface area (Å²) >= 11 is 0. The Kier molecular flexibility index (Phi) is 2.16. The summed E-state index contributed by atoms with van der Waals surface area (Å²) in [7, 11) is 0. The second kappa shape index (κ2) is 3.36. The van der Waals surface area contributed by atoms with E-state index in [-0.39, 0.29) is 0 Å². The van der Waals surface area contributed by atoms with Crippen molar-refractivity contribution in [2.24, 2.45) is 0 Å². The molecule has 1 rings (SSSR count). The van der Waals surface area contributed by atoms with Crippen LogP contribution in [0.15, 0.2) is 24.4 Å². The molecule has 0 amide bonds. The van der Waals surface area contributed by atoms with Crippen molar-refractivity contribution in [1.29, 1.82) is 5.26 Å². The Balaban J connectivity index is 2.79. The summed E-state index contributed by atoms with van der Waals surface area (Å²) < 4.78 is 0. The molecule has 48 valence electrons. The van der Waals surface area contributed by atoms with Gasteiger partial charge < -0.3 is 0 Å². The standard InChI is InChI=1S/C7H5N3/c8-5-1-3-7-4-2-6-9-10-7/h1-4,6H. The molecule has 1 heterocycles. The van der Waals surface area contributed by atoms with E-state index in [1.54, 1.807) is 24.4 Å². The molecule has 0 aliphatic rings. The summed E-state index contributed by atoms with van der Waals surface area (Å²) in [4.78, 5) is 0. The Morgan fingerprint density at radius 2 is 2.50 bits per heavy atom. The lowest BCUT2D eigenvalue weighted by Gasteiger charge is -1.84. The van der Waals surface area contributed by atoms with Crippen molar-refractivity contribution in [1.82, 2.24) is 10.2 Å². The van der Waals surface area contributed by atoms with Crippen LogP contribution in [0.25, 0.3) is 6.08 Å². The van der Waals surface area contributed by atoms with Crippen molar-refractivity contribution in [3.8, 4) is 6.07 Å². The van der Waals surface area contributed by atoms with Crippen molar-refractivity contribution in [3.05, 3.63) is 30.1 Å². The van der Waals surface area contributed by atoms with Crippen LogP contribution in [0, 0.1) is 11.3 Å². The highest BCUT2D eigenvalue weighted by atomic mass is 15.1. The van der Waals surface area contributed by atoms with Gasteiger partial charge in [-0.25, -0.2) is 0 Å². The van der Waals surface area contributed by atoms with Gasteiger partial charge in [0.15, 0.2) is 0 Å². The van der Waals surface area contributed by atoms with Gasteiger partial charge in [0.05, 0.1) is 11.8 Å². The van der Waals surface area contributed by atoms with Gasteiger partial charge in [-0.05, 0) is 18.2 Å². The lowest BCUT2D eigenvalue weighted by atomic mass is 10.3. The lowest BCUT2D eigenvalue weighted by Crippen LogP contribution is -1.81. The molecule has 3 heteroatoms. The zero-order valence-electron chi connectivity index (χ0n) is 5.23. The SMILES string of the molecule is N#CC=Cc1cccnn1. The van der Waals surface area contributed by atoms with Crippen molar-refractivity contribution in [2.75, 3.05) is 0 Å². The first-order valence-electron chi connectivity index (χ1n) is 2.77. The minimum atomic E-state index is 0.698. The van der Waals surface area contributed by atoms with Crippen LogP contribution in [0.2, 0.25) is 0 Å². The number of rotatable bonds is 1. The third kappa shape index (κ3) is 1.67. The first kappa shape index (κ1) is 6.43. The van der Waals surface area contributed by atoms with Gasteiger partial charge in [-0.3, -0.25) is 0 Å². The number of aromatic nitrogens is 2. The highest BCUT2D eigenvalue weighted by molar-refractivity contribution is 5.46. The molecule has 0 fully saturated rings. The second-order valence-corrected chi connectivity index (χ2v) is 1.61. The summed E-state index contributed by atoms with van der Waals surface area (Å²) in [5.41, 5.74) is 0.698. The van der Waals surface area contributed by atoms with Gasteiger partial charge in [-0.2, -0.15) is 15.5 Å². The van der Waals surface area contributed by atoms with Crippen LogP contribution in [0.1, 0.15) is 5.69 Å². The van der Waals surface area contributed by atoms with E-state index in [1.807, 2.05) is 6.07 Å². The number of allylic oxidation sites excluding steroid dienone is 1. The smallest absolute Gasteiger partial charge is 0.0912 e. The molecule has 0 aliphatic heterocycles. The molecule has 0 saturated carbocycles. The maximum Gasteiger partial charge on any atom is 0.0912 e. The monoisotopic (exact) mass is 131 g/mol. The molecule has 0 bridgehead atoms. The Morgan fingerprint density at radius 1 is 1.60 bits per heavy atom. The topological polar surface area (TPSA) is 49.6 Å². The van der Waals surface area contributed by atoms with E-state index in [0.717, 1.165) is 0 Å². The zero-order valence-corrected chi connectivity index (χ0v) is 5.23. The number of hydrogen-bond donors (Lipinski definition) is 0. The number of nitrogens with zero attached hydrogens (tertiary/aromatic N) is 3. The molecule has 0 aromatic carbocycles. The molecule has 1 aromatic rings. The largest absolute Gasteiger partial charge is 0.193 e. The quantitative estimate of drug-likeness (QED) is 0.534. The fourth-order valence-electron chi connectivity index (χ4n) is 0.525. The highest BCUT2D eigenvalue weighted by Gasteiger charge is 1.82. The first-order chi connectivity index (χ1) is 4.93. The van der Waals surface area contributed by atoms with Crippen molar-refractivity contribution in [3.63, 3.8) is 0 Å². The summed E-state index contributed by atoms with van der Waals surface area (Å²) in [5.74, 6) is 0. The third-order valence-electron chi connectivity index (χ3n) is 0.922. The van der Waals surface area contributed by atoms with Crippen molar-refractivity contribution < 1.29 is 0 Å². The molecular formula is C7H5N3. The second-order valence-electron chi connectivity index (χ2n) is 1.61. The molecule has 3 nitrogen and oxygen atoms in total. The molecule has 0 saturated heterocycles. The minimum Gasteiger partial charge on any atom is -0.193 e. The number of hydrogen-bond acceptors (Lipinski definition) is 3. The molecule has 0 unspecified atom stereocenters. The molecular weight excluding hydrogens is 126 g/mol. The Hall–Kier alpha value is -1.69. The molecule has 0 spiro atoms. The third-order valence-corrected chi connectivity index (χ3v) is 0.922. The summed E-state index contributed by atoms with van der Waals surface area (Å²) in [6.45, 7) is 0. The molecule has 0 aliphatic carbocycles.